The number of aryl methyl sites for hydroxylation is 2. The van der Waals surface area contributed by atoms with Crippen molar-refractivity contribution < 1.29 is 9.26 Å². The zero-order chi connectivity index (χ0) is 13.4. The Morgan fingerprint density at radius 1 is 1.47 bits per heavy atom. The second-order valence-electron chi connectivity index (χ2n) is 5.72. The van der Waals surface area contributed by atoms with Crippen molar-refractivity contribution in [2.24, 2.45) is 5.92 Å². The van der Waals surface area contributed by atoms with Gasteiger partial charge in [-0.15, -0.1) is 6.58 Å². The molecule has 3 atom stereocenters. The normalized spacial score (nSPS) is 30.1. The molecule has 1 aromatic rings. The molecule has 4 heteroatoms. The molecule has 0 N–H and O–H groups in total. The highest BCUT2D eigenvalue weighted by atomic mass is 16.5. The lowest BCUT2D eigenvalue weighted by atomic mass is 10.1. The molecular formula is C15H22N2O2. The van der Waals surface area contributed by atoms with Crippen molar-refractivity contribution in [2.45, 2.75) is 45.4 Å². The van der Waals surface area contributed by atoms with Gasteiger partial charge < -0.3 is 9.26 Å². The molecule has 2 aliphatic rings. The first-order chi connectivity index (χ1) is 9.20. The number of nitrogens with zero attached hydrogens (tertiary/aromatic N) is 2. The van der Waals surface area contributed by atoms with Gasteiger partial charge in [0.05, 0.1) is 18.4 Å². The van der Waals surface area contributed by atoms with Gasteiger partial charge in [-0.05, 0) is 32.6 Å². The van der Waals surface area contributed by atoms with E-state index in [0.717, 1.165) is 24.5 Å². The summed E-state index contributed by atoms with van der Waals surface area (Å²) < 4.78 is 11.2. The summed E-state index contributed by atoms with van der Waals surface area (Å²) in [6, 6.07) is 0.554. The molecule has 2 heterocycles. The van der Waals surface area contributed by atoms with E-state index in [1.807, 2.05) is 19.9 Å². The molecule has 19 heavy (non-hydrogen) atoms. The van der Waals surface area contributed by atoms with Gasteiger partial charge in [0.1, 0.15) is 5.76 Å². The monoisotopic (exact) mass is 262 g/mol. The third-order valence-corrected chi connectivity index (χ3v) is 4.56. The van der Waals surface area contributed by atoms with Crippen LogP contribution in [0.25, 0.3) is 0 Å². The molecule has 0 radical (unpaired) electrons. The average Bonchev–Trinajstić information content (AvgIpc) is 3.04. The van der Waals surface area contributed by atoms with Gasteiger partial charge in [0.15, 0.2) is 0 Å². The second-order valence-corrected chi connectivity index (χ2v) is 5.72. The van der Waals surface area contributed by atoms with Crippen LogP contribution in [0.15, 0.2) is 17.2 Å². The van der Waals surface area contributed by atoms with Crippen LogP contribution < -0.4 is 0 Å². The molecule has 1 aliphatic carbocycles. The molecular weight excluding hydrogens is 240 g/mol. The summed E-state index contributed by atoms with van der Waals surface area (Å²) in [6.07, 6.45) is 4.77. The number of piperidine rings is 1. The van der Waals surface area contributed by atoms with Crippen LogP contribution in [0.3, 0.4) is 0 Å². The van der Waals surface area contributed by atoms with Gasteiger partial charge in [-0.2, -0.15) is 0 Å². The Morgan fingerprint density at radius 3 is 3.00 bits per heavy atom. The quantitative estimate of drug-likeness (QED) is 0.764. The van der Waals surface area contributed by atoms with Crippen LogP contribution >= 0.6 is 0 Å². The Hall–Kier alpha value is -1.13. The van der Waals surface area contributed by atoms with Gasteiger partial charge in [0.2, 0.25) is 0 Å². The zero-order valence-electron chi connectivity index (χ0n) is 11.8. The van der Waals surface area contributed by atoms with Gasteiger partial charge in [-0.25, -0.2) is 0 Å². The van der Waals surface area contributed by atoms with E-state index in [1.165, 1.54) is 18.4 Å². The molecule has 0 amide bonds. The van der Waals surface area contributed by atoms with Crippen LogP contribution in [0.4, 0.5) is 0 Å². The molecule has 1 aromatic heterocycles. The van der Waals surface area contributed by atoms with Gasteiger partial charge in [0.25, 0.3) is 0 Å². The molecule has 3 rings (SSSR count). The Morgan fingerprint density at radius 2 is 2.32 bits per heavy atom. The van der Waals surface area contributed by atoms with Crippen LogP contribution in [0.2, 0.25) is 0 Å². The van der Waals surface area contributed by atoms with E-state index in [9.17, 15) is 0 Å². The fraction of sp³-hybridized carbons (Fsp3) is 0.667. The zero-order valence-corrected chi connectivity index (χ0v) is 11.8. The number of hydrogen-bond donors (Lipinski definition) is 0. The smallest absolute Gasteiger partial charge is 0.138 e. The average molecular weight is 262 g/mol. The first-order valence-corrected chi connectivity index (χ1v) is 7.09. The Bertz CT molecular complexity index is 449. The van der Waals surface area contributed by atoms with Gasteiger partial charge >= 0.3 is 0 Å². The molecule has 4 nitrogen and oxygen atoms in total. The van der Waals surface area contributed by atoms with Crippen molar-refractivity contribution in [3.8, 4) is 0 Å². The minimum atomic E-state index is 0.387. The number of likely N-dealkylation sites (tertiary alicyclic amines) is 1. The number of ether oxygens (including phenoxy) is 1. The summed E-state index contributed by atoms with van der Waals surface area (Å²) in [5.41, 5.74) is 2.26. The predicted molar refractivity (Wildman–Crippen MR) is 72.8 cm³/mol. The maximum atomic E-state index is 5.95. The minimum absolute atomic E-state index is 0.387. The van der Waals surface area contributed by atoms with Crippen LogP contribution in [0, 0.1) is 19.8 Å². The van der Waals surface area contributed by atoms with Crippen molar-refractivity contribution >= 4 is 0 Å². The fourth-order valence-corrected chi connectivity index (χ4v) is 3.59. The Kier molecular flexibility index (Phi) is 3.46. The molecule has 3 unspecified atom stereocenters. The van der Waals surface area contributed by atoms with Crippen LogP contribution in [0.5, 0.6) is 0 Å². The molecule has 1 aliphatic heterocycles. The molecule has 1 saturated carbocycles. The van der Waals surface area contributed by atoms with Gasteiger partial charge in [-0.1, -0.05) is 11.2 Å². The number of rotatable bonds is 5. The highest BCUT2D eigenvalue weighted by Crippen LogP contribution is 2.40. The lowest BCUT2D eigenvalue weighted by Crippen LogP contribution is -2.35. The van der Waals surface area contributed by atoms with Crippen molar-refractivity contribution in [2.75, 3.05) is 13.2 Å². The topological polar surface area (TPSA) is 38.5 Å². The van der Waals surface area contributed by atoms with Crippen molar-refractivity contribution in [3.63, 3.8) is 0 Å². The molecule has 1 saturated heterocycles. The molecule has 104 valence electrons. The fourth-order valence-electron chi connectivity index (χ4n) is 3.59. The van der Waals surface area contributed by atoms with E-state index in [1.54, 1.807) is 0 Å². The van der Waals surface area contributed by atoms with Crippen molar-refractivity contribution in [1.29, 1.82) is 0 Å². The van der Waals surface area contributed by atoms with Crippen LogP contribution in [-0.2, 0) is 11.3 Å². The second kappa shape index (κ2) is 5.10. The third kappa shape index (κ3) is 2.23. The summed E-state index contributed by atoms with van der Waals surface area (Å²) in [7, 11) is 0. The van der Waals surface area contributed by atoms with E-state index in [0.29, 0.717) is 24.7 Å². The molecule has 0 aromatic carbocycles. The first kappa shape index (κ1) is 12.9. The van der Waals surface area contributed by atoms with Crippen molar-refractivity contribution in [1.82, 2.24) is 10.1 Å². The molecule has 0 spiro atoms. The summed E-state index contributed by atoms with van der Waals surface area (Å²) >= 11 is 0. The lowest BCUT2D eigenvalue weighted by Gasteiger charge is -2.26. The summed E-state index contributed by atoms with van der Waals surface area (Å²) in [4.78, 5) is 2.54. The maximum Gasteiger partial charge on any atom is 0.138 e. The molecule has 2 fully saturated rings. The highest BCUT2D eigenvalue weighted by Gasteiger charge is 2.47. The Labute approximate surface area is 114 Å². The SMILES string of the molecule is C=CCOC1C2CCC1N(Cc1c(C)noc1C)C2. The largest absolute Gasteiger partial charge is 0.372 e. The predicted octanol–water partition coefficient (Wildman–Crippen LogP) is 2.46. The van der Waals surface area contributed by atoms with E-state index in [-0.39, 0.29) is 0 Å². The van der Waals surface area contributed by atoms with Crippen LogP contribution in [0.1, 0.15) is 29.9 Å². The maximum absolute atomic E-state index is 5.95. The highest BCUT2D eigenvalue weighted by molar-refractivity contribution is 5.21. The number of hydrogen-bond acceptors (Lipinski definition) is 4. The summed E-state index contributed by atoms with van der Waals surface area (Å²) in [5, 5.41) is 4.04. The third-order valence-electron chi connectivity index (χ3n) is 4.56. The van der Waals surface area contributed by atoms with E-state index in [4.69, 9.17) is 9.26 Å². The Balaban J connectivity index is 1.69. The van der Waals surface area contributed by atoms with Gasteiger partial charge in [0, 0.05) is 24.7 Å². The van der Waals surface area contributed by atoms with Crippen molar-refractivity contribution in [3.05, 3.63) is 29.7 Å². The summed E-state index contributed by atoms with van der Waals surface area (Å²) in [6.45, 7) is 10.5. The van der Waals surface area contributed by atoms with Crippen LogP contribution in [-0.4, -0.2) is 35.4 Å². The number of fused-ring (bicyclic) bond motifs is 2. The van der Waals surface area contributed by atoms with E-state index in [2.05, 4.69) is 16.6 Å². The standard InChI is InChI=1S/C15H22N2O2/c1-4-7-18-15-12-5-6-14(15)17(8-12)9-13-10(2)16-19-11(13)3/h4,12,14-15H,1,5-9H2,2-3H3. The first-order valence-electron chi connectivity index (χ1n) is 7.09. The molecule has 2 bridgehead atoms. The summed E-state index contributed by atoms with van der Waals surface area (Å²) in [5.74, 6) is 1.63. The van der Waals surface area contributed by atoms with E-state index < -0.39 is 0 Å². The van der Waals surface area contributed by atoms with E-state index >= 15 is 0 Å². The van der Waals surface area contributed by atoms with Gasteiger partial charge in [-0.3, -0.25) is 4.90 Å². The minimum Gasteiger partial charge on any atom is -0.372 e. The lowest BCUT2D eigenvalue weighted by molar-refractivity contribution is 0.0445. The number of aromatic nitrogens is 1.